The maximum atomic E-state index is 9.46. The molecule has 0 saturated heterocycles. The Morgan fingerprint density at radius 2 is 1.82 bits per heavy atom. The fourth-order valence-electron chi connectivity index (χ4n) is 2.60. The second-order valence-electron chi connectivity index (χ2n) is 6.34. The average molecular weight is 398 g/mol. The molecule has 0 radical (unpaired) electrons. The number of benzene rings is 2. The summed E-state index contributed by atoms with van der Waals surface area (Å²) < 4.78 is 12.7. The number of rotatable bonds is 6. The van der Waals surface area contributed by atoms with E-state index in [1.807, 2.05) is 42.1 Å². The number of thiazole rings is 1. The van der Waals surface area contributed by atoms with Gasteiger partial charge in [-0.25, -0.2) is 4.68 Å². The van der Waals surface area contributed by atoms with Crippen molar-refractivity contribution in [3.05, 3.63) is 58.2 Å². The summed E-state index contributed by atoms with van der Waals surface area (Å²) in [6.45, 7) is 4.06. The van der Waals surface area contributed by atoms with Crippen molar-refractivity contribution in [3.63, 3.8) is 0 Å². The molecule has 0 aliphatic rings. The largest absolute Gasteiger partial charge is 0.508 e. The fraction of sp³-hybridized carbons (Fsp3) is 0.238. The summed E-state index contributed by atoms with van der Waals surface area (Å²) in [7, 11) is 3.26. The van der Waals surface area contributed by atoms with Gasteiger partial charge in [-0.05, 0) is 55.8 Å². The monoisotopic (exact) mass is 397 g/mol. The normalized spacial score (nSPS) is 12.1. The molecule has 1 aromatic heterocycles. The van der Waals surface area contributed by atoms with Crippen LogP contribution in [0.3, 0.4) is 0 Å². The molecule has 0 unspecified atom stereocenters. The number of phenolic OH excluding ortho intramolecular Hbond substituents is 1. The van der Waals surface area contributed by atoms with Gasteiger partial charge in [0.05, 0.1) is 26.1 Å². The molecule has 0 amide bonds. The van der Waals surface area contributed by atoms with Crippen LogP contribution in [0.4, 0.5) is 0 Å². The van der Waals surface area contributed by atoms with Gasteiger partial charge in [-0.15, -0.1) is 11.3 Å². The van der Waals surface area contributed by atoms with Gasteiger partial charge in [0.25, 0.3) is 0 Å². The minimum atomic E-state index is 0.138. The van der Waals surface area contributed by atoms with Crippen molar-refractivity contribution >= 4 is 17.6 Å². The highest BCUT2D eigenvalue weighted by molar-refractivity contribution is 7.07. The summed E-state index contributed by atoms with van der Waals surface area (Å²) in [6, 6.07) is 12.7. The van der Waals surface area contributed by atoms with Gasteiger partial charge in [0, 0.05) is 23.1 Å². The van der Waals surface area contributed by atoms with Crippen LogP contribution in [0.2, 0.25) is 0 Å². The Bertz CT molecular complexity index is 1030. The number of ether oxygens (including phenoxy) is 2. The number of hydrogen-bond donors (Lipinski definition) is 1. The molecular weight excluding hydrogens is 374 g/mol. The van der Waals surface area contributed by atoms with Crippen LogP contribution in [0.15, 0.2) is 57.9 Å². The highest BCUT2D eigenvalue weighted by Gasteiger charge is 2.14. The molecule has 1 heterocycles. The maximum absolute atomic E-state index is 9.46. The van der Waals surface area contributed by atoms with E-state index in [4.69, 9.17) is 9.47 Å². The second kappa shape index (κ2) is 8.75. The first-order chi connectivity index (χ1) is 13.5. The van der Waals surface area contributed by atoms with Crippen molar-refractivity contribution in [1.82, 2.24) is 4.68 Å². The number of nitrogens with zero attached hydrogens (tertiary/aromatic N) is 3. The molecule has 3 aromatic rings. The lowest BCUT2D eigenvalue weighted by molar-refractivity contribution is 0.395. The van der Waals surface area contributed by atoms with Crippen LogP contribution in [-0.2, 0) is 0 Å². The van der Waals surface area contributed by atoms with Crippen LogP contribution < -0.4 is 14.3 Å². The molecule has 1 N–H and O–H groups in total. The number of aromatic nitrogens is 1. The first kappa shape index (κ1) is 19.7. The fourth-order valence-corrected chi connectivity index (χ4v) is 3.56. The lowest BCUT2D eigenvalue weighted by Crippen LogP contribution is -2.14. The molecular formula is C21H23N3O3S. The summed E-state index contributed by atoms with van der Waals surface area (Å²) in [4.78, 5) is 5.47. The Balaban J connectivity index is 2.13. The average Bonchev–Trinajstić information content (AvgIpc) is 3.08. The van der Waals surface area contributed by atoms with Crippen LogP contribution >= 0.6 is 11.3 Å². The first-order valence-corrected chi connectivity index (χ1v) is 9.70. The van der Waals surface area contributed by atoms with E-state index in [-0.39, 0.29) is 11.8 Å². The molecule has 2 aromatic carbocycles. The van der Waals surface area contributed by atoms with Crippen LogP contribution in [-0.4, -0.2) is 36.3 Å². The highest BCUT2D eigenvalue weighted by atomic mass is 32.1. The molecule has 0 aliphatic heterocycles. The van der Waals surface area contributed by atoms with E-state index in [1.54, 1.807) is 44.7 Å². The molecule has 0 atom stereocenters. The van der Waals surface area contributed by atoms with E-state index in [1.165, 1.54) is 11.3 Å². The third-order valence-electron chi connectivity index (χ3n) is 3.95. The minimum Gasteiger partial charge on any atom is -0.508 e. The summed E-state index contributed by atoms with van der Waals surface area (Å²) in [5, 5.41) is 16.1. The van der Waals surface area contributed by atoms with E-state index in [2.05, 4.69) is 10.1 Å². The lowest BCUT2D eigenvalue weighted by atomic mass is 10.1. The number of methoxy groups -OCH3 is 2. The molecule has 7 heteroatoms. The molecule has 6 nitrogen and oxygen atoms in total. The maximum Gasteiger partial charge on any atom is 0.206 e. The molecule has 0 saturated carbocycles. The smallest absolute Gasteiger partial charge is 0.206 e. The second-order valence-corrected chi connectivity index (χ2v) is 7.18. The van der Waals surface area contributed by atoms with Gasteiger partial charge < -0.3 is 14.6 Å². The van der Waals surface area contributed by atoms with Crippen molar-refractivity contribution in [2.24, 2.45) is 10.1 Å². The summed E-state index contributed by atoms with van der Waals surface area (Å²) >= 11 is 1.52. The summed E-state index contributed by atoms with van der Waals surface area (Å²) in [5.41, 5.74) is 2.64. The molecule has 0 bridgehead atoms. The molecule has 146 valence electrons. The van der Waals surface area contributed by atoms with E-state index < -0.39 is 0 Å². The van der Waals surface area contributed by atoms with Crippen molar-refractivity contribution in [2.75, 3.05) is 14.2 Å². The Morgan fingerprint density at radius 3 is 2.46 bits per heavy atom. The Labute approximate surface area is 168 Å². The standard InChI is InChI=1S/C21H23N3O3S/c1-14(2)23-21-24(22-12-15-5-7-16(25)8-6-15)19(13-28-21)18-10-9-17(26-3)11-20(18)27-4/h5-14,25H,1-4H3. The van der Waals surface area contributed by atoms with E-state index in [0.29, 0.717) is 5.75 Å². The molecule has 0 fully saturated rings. The van der Waals surface area contributed by atoms with Crippen molar-refractivity contribution in [1.29, 1.82) is 0 Å². The quantitative estimate of drug-likeness (QED) is 0.636. The molecule has 28 heavy (non-hydrogen) atoms. The third-order valence-corrected chi connectivity index (χ3v) is 4.78. The minimum absolute atomic E-state index is 0.138. The van der Waals surface area contributed by atoms with Gasteiger partial charge in [-0.1, -0.05) is 0 Å². The Kier molecular flexibility index (Phi) is 6.16. The molecule has 3 rings (SSSR count). The van der Waals surface area contributed by atoms with E-state index >= 15 is 0 Å². The topological polar surface area (TPSA) is 68.3 Å². The zero-order valence-corrected chi connectivity index (χ0v) is 17.1. The summed E-state index contributed by atoms with van der Waals surface area (Å²) in [6.07, 6.45) is 1.74. The van der Waals surface area contributed by atoms with Crippen LogP contribution in [0.25, 0.3) is 11.3 Å². The van der Waals surface area contributed by atoms with E-state index in [0.717, 1.165) is 27.4 Å². The predicted molar refractivity (Wildman–Crippen MR) is 113 cm³/mol. The van der Waals surface area contributed by atoms with E-state index in [9.17, 15) is 5.11 Å². The zero-order valence-electron chi connectivity index (χ0n) is 16.3. The predicted octanol–water partition coefficient (Wildman–Crippen LogP) is 4.13. The summed E-state index contributed by atoms with van der Waals surface area (Å²) in [5.74, 6) is 1.64. The third kappa shape index (κ3) is 4.43. The SMILES string of the molecule is COc1ccc(-c2csc(=NC(C)C)n2N=Cc2ccc(O)cc2)c(OC)c1. The molecule has 0 spiro atoms. The number of hydrogen-bond acceptors (Lipinski definition) is 6. The van der Waals surface area contributed by atoms with Crippen LogP contribution in [0, 0.1) is 0 Å². The van der Waals surface area contributed by atoms with Gasteiger partial charge in [0.2, 0.25) is 4.80 Å². The van der Waals surface area contributed by atoms with Gasteiger partial charge >= 0.3 is 0 Å². The van der Waals surface area contributed by atoms with Crippen molar-refractivity contribution in [3.8, 4) is 28.5 Å². The Hall–Kier alpha value is -3.06. The highest BCUT2D eigenvalue weighted by Crippen LogP contribution is 2.33. The zero-order chi connectivity index (χ0) is 20.1. The first-order valence-electron chi connectivity index (χ1n) is 8.82. The van der Waals surface area contributed by atoms with Crippen LogP contribution in [0.5, 0.6) is 17.2 Å². The van der Waals surface area contributed by atoms with Gasteiger partial charge in [0.15, 0.2) is 0 Å². The van der Waals surface area contributed by atoms with Crippen molar-refractivity contribution < 1.29 is 14.6 Å². The number of phenols is 1. The molecule has 0 aliphatic carbocycles. The van der Waals surface area contributed by atoms with Gasteiger partial charge in [-0.3, -0.25) is 4.99 Å². The number of aromatic hydroxyl groups is 1. The Morgan fingerprint density at radius 1 is 1.07 bits per heavy atom. The van der Waals surface area contributed by atoms with Crippen molar-refractivity contribution in [2.45, 2.75) is 19.9 Å². The van der Waals surface area contributed by atoms with Crippen LogP contribution in [0.1, 0.15) is 19.4 Å². The van der Waals surface area contributed by atoms with Gasteiger partial charge in [0.1, 0.15) is 17.2 Å². The lowest BCUT2D eigenvalue weighted by Gasteiger charge is -2.11. The van der Waals surface area contributed by atoms with Gasteiger partial charge in [-0.2, -0.15) is 5.10 Å².